The summed E-state index contributed by atoms with van der Waals surface area (Å²) in [5.74, 6) is 0.273. The van der Waals surface area contributed by atoms with E-state index >= 15 is 0 Å². The predicted molar refractivity (Wildman–Crippen MR) is 65.5 cm³/mol. The number of Topliss-reactive ketones (excluding diaryl/α,β-unsaturated/α-hetero) is 1. The lowest BCUT2D eigenvalue weighted by molar-refractivity contribution is -0.120. The molecule has 0 bridgehead atoms. The van der Waals surface area contributed by atoms with Crippen LogP contribution in [0.15, 0.2) is 35.2 Å². The molecule has 1 aliphatic carbocycles. The van der Waals surface area contributed by atoms with Crippen LogP contribution in [0, 0.1) is 5.92 Å². The molecule has 0 saturated heterocycles. The fourth-order valence-electron chi connectivity index (χ4n) is 2.24. The molecule has 1 fully saturated rings. The Bertz CT molecular complexity index is 491. The van der Waals surface area contributed by atoms with Crippen LogP contribution in [0.5, 0.6) is 0 Å². The summed E-state index contributed by atoms with van der Waals surface area (Å²) in [6.07, 6.45) is 2.85. The van der Waals surface area contributed by atoms with Gasteiger partial charge in [0.2, 0.25) is 0 Å². The van der Waals surface area contributed by atoms with Crippen LogP contribution in [0.2, 0.25) is 0 Å². The summed E-state index contributed by atoms with van der Waals surface area (Å²) in [5, 5.41) is 0. The van der Waals surface area contributed by atoms with Crippen LogP contribution < -0.4 is 0 Å². The van der Waals surface area contributed by atoms with Crippen molar-refractivity contribution in [1.29, 1.82) is 0 Å². The van der Waals surface area contributed by atoms with Crippen LogP contribution in [0.25, 0.3) is 0 Å². The number of ketones is 1. The third-order valence-corrected chi connectivity index (χ3v) is 5.03. The van der Waals surface area contributed by atoms with Crippen LogP contribution in [0.4, 0.5) is 0 Å². The van der Waals surface area contributed by atoms with E-state index in [0.717, 1.165) is 12.8 Å². The number of sulfone groups is 1. The number of carbonyl (C=O) groups is 1. The Kier molecular flexibility index (Phi) is 3.62. The second-order valence-electron chi connectivity index (χ2n) is 4.48. The molecule has 92 valence electrons. The van der Waals surface area contributed by atoms with E-state index < -0.39 is 9.84 Å². The molecule has 0 spiro atoms. The van der Waals surface area contributed by atoms with Gasteiger partial charge in [-0.2, -0.15) is 0 Å². The monoisotopic (exact) mass is 252 g/mol. The Balaban J connectivity index is 2.01. The fourth-order valence-corrected chi connectivity index (χ4v) is 3.64. The Morgan fingerprint density at radius 3 is 2.47 bits per heavy atom. The minimum Gasteiger partial charge on any atom is -0.299 e. The van der Waals surface area contributed by atoms with Gasteiger partial charge in [-0.25, -0.2) is 8.42 Å². The zero-order valence-electron chi connectivity index (χ0n) is 9.63. The molecular weight excluding hydrogens is 236 g/mol. The normalized spacial score (nSPS) is 20.7. The van der Waals surface area contributed by atoms with E-state index in [0.29, 0.717) is 17.7 Å². The first-order valence-corrected chi connectivity index (χ1v) is 7.55. The molecule has 1 saturated carbocycles. The Morgan fingerprint density at radius 1 is 1.18 bits per heavy atom. The summed E-state index contributed by atoms with van der Waals surface area (Å²) in [6.45, 7) is 0. The molecular formula is C13H16O3S. The van der Waals surface area contributed by atoms with Gasteiger partial charge in [0, 0.05) is 12.3 Å². The van der Waals surface area contributed by atoms with Crippen LogP contribution in [-0.4, -0.2) is 20.0 Å². The highest BCUT2D eigenvalue weighted by atomic mass is 32.2. The van der Waals surface area contributed by atoms with Gasteiger partial charge in [0.25, 0.3) is 0 Å². The summed E-state index contributed by atoms with van der Waals surface area (Å²) >= 11 is 0. The molecule has 0 aromatic heterocycles. The molecule has 0 amide bonds. The number of hydrogen-bond acceptors (Lipinski definition) is 3. The Hall–Kier alpha value is -1.16. The standard InChI is InChI=1S/C13H16O3S/c14-13-8-4-5-11(13)9-10-17(15,16)12-6-2-1-3-7-12/h1-3,6-7,11H,4-5,8-10H2. The third-order valence-electron chi connectivity index (χ3n) is 3.27. The minimum atomic E-state index is -3.22. The van der Waals surface area contributed by atoms with E-state index in [9.17, 15) is 13.2 Å². The highest BCUT2D eigenvalue weighted by Crippen LogP contribution is 2.25. The van der Waals surface area contributed by atoms with Gasteiger partial charge in [-0.1, -0.05) is 18.2 Å². The van der Waals surface area contributed by atoms with Crippen molar-refractivity contribution < 1.29 is 13.2 Å². The van der Waals surface area contributed by atoms with Crippen molar-refractivity contribution in [2.24, 2.45) is 5.92 Å². The van der Waals surface area contributed by atoms with Crippen molar-refractivity contribution in [2.45, 2.75) is 30.6 Å². The molecule has 1 aromatic carbocycles. The lowest BCUT2D eigenvalue weighted by atomic mass is 10.1. The average molecular weight is 252 g/mol. The van der Waals surface area contributed by atoms with Gasteiger partial charge < -0.3 is 0 Å². The minimum absolute atomic E-state index is 0.0338. The largest absolute Gasteiger partial charge is 0.299 e. The lowest BCUT2D eigenvalue weighted by Crippen LogP contribution is -2.14. The van der Waals surface area contributed by atoms with E-state index in [1.807, 2.05) is 0 Å². The van der Waals surface area contributed by atoms with Gasteiger partial charge in [-0.05, 0) is 31.4 Å². The van der Waals surface area contributed by atoms with Gasteiger partial charge in [0.15, 0.2) is 9.84 Å². The topological polar surface area (TPSA) is 51.2 Å². The second kappa shape index (κ2) is 5.00. The quantitative estimate of drug-likeness (QED) is 0.825. The van der Waals surface area contributed by atoms with Gasteiger partial charge in [0.05, 0.1) is 10.6 Å². The highest BCUT2D eigenvalue weighted by Gasteiger charge is 2.26. The smallest absolute Gasteiger partial charge is 0.178 e. The first kappa shape index (κ1) is 12.3. The summed E-state index contributed by atoms with van der Waals surface area (Å²) in [7, 11) is -3.22. The maximum atomic E-state index is 12.0. The lowest BCUT2D eigenvalue weighted by Gasteiger charge is -2.08. The van der Waals surface area contributed by atoms with Crippen LogP contribution in [0.3, 0.4) is 0 Å². The molecule has 1 aromatic rings. The average Bonchev–Trinajstić information content (AvgIpc) is 2.74. The number of rotatable bonds is 4. The van der Waals surface area contributed by atoms with Crippen molar-refractivity contribution in [1.82, 2.24) is 0 Å². The van der Waals surface area contributed by atoms with E-state index in [2.05, 4.69) is 0 Å². The molecule has 0 N–H and O–H groups in total. The van der Waals surface area contributed by atoms with Crippen LogP contribution in [-0.2, 0) is 14.6 Å². The first-order valence-electron chi connectivity index (χ1n) is 5.90. The van der Waals surface area contributed by atoms with Crippen molar-refractivity contribution in [3.8, 4) is 0 Å². The SMILES string of the molecule is O=C1CCCC1CCS(=O)(=O)c1ccccc1. The molecule has 4 heteroatoms. The summed E-state index contributed by atoms with van der Waals surface area (Å²) < 4.78 is 24.0. The zero-order chi connectivity index (χ0) is 12.3. The maximum absolute atomic E-state index is 12.0. The van der Waals surface area contributed by atoms with E-state index in [1.54, 1.807) is 30.3 Å². The molecule has 1 unspecified atom stereocenters. The molecule has 3 nitrogen and oxygen atoms in total. The highest BCUT2D eigenvalue weighted by molar-refractivity contribution is 7.91. The van der Waals surface area contributed by atoms with Crippen molar-refractivity contribution in [3.05, 3.63) is 30.3 Å². The number of carbonyl (C=O) groups excluding carboxylic acids is 1. The van der Waals surface area contributed by atoms with Crippen molar-refractivity contribution >= 4 is 15.6 Å². The Morgan fingerprint density at radius 2 is 1.88 bits per heavy atom. The zero-order valence-corrected chi connectivity index (χ0v) is 10.4. The third kappa shape index (κ3) is 2.94. The Labute approximate surface area is 102 Å². The number of benzene rings is 1. The second-order valence-corrected chi connectivity index (χ2v) is 6.59. The molecule has 1 aliphatic rings. The summed E-state index contributed by atoms with van der Waals surface area (Å²) in [5.41, 5.74) is 0. The molecule has 0 heterocycles. The van der Waals surface area contributed by atoms with Gasteiger partial charge in [0.1, 0.15) is 5.78 Å². The van der Waals surface area contributed by atoms with Gasteiger partial charge in [-0.15, -0.1) is 0 Å². The summed E-state index contributed by atoms with van der Waals surface area (Å²) in [4.78, 5) is 11.8. The number of hydrogen-bond donors (Lipinski definition) is 0. The fraction of sp³-hybridized carbons (Fsp3) is 0.462. The van der Waals surface area contributed by atoms with E-state index in [4.69, 9.17) is 0 Å². The van der Waals surface area contributed by atoms with Gasteiger partial charge in [-0.3, -0.25) is 4.79 Å². The molecule has 17 heavy (non-hydrogen) atoms. The van der Waals surface area contributed by atoms with E-state index in [1.165, 1.54) is 0 Å². The van der Waals surface area contributed by atoms with Gasteiger partial charge >= 0.3 is 0 Å². The van der Waals surface area contributed by atoms with Crippen LogP contribution >= 0.6 is 0 Å². The summed E-state index contributed by atoms with van der Waals surface area (Å²) in [6, 6.07) is 8.43. The molecule has 2 rings (SSSR count). The van der Waals surface area contributed by atoms with Crippen molar-refractivity contribution in [2.75, 3.05) is 5.75 Å². The molecule has 0 radical (unpaired) electrons. The van der Waals surface area contributed by atoms with Crippen molar-refractivity contribution in [3.63, 3.8) is 0 Å². The van der Waals surface area contributed by atoms with Crippen LogP contribution in [0.1, 0.15) is 25.7 Å². The molecule has 1 atom stereocenters. The molecule has 0 aliphatic heterocycles. The maximum Gasteiger partial charge on any atom is 0.178 e. The first-order chi connectivity index (χ1) is 8.09. The predicted octanol–water partition coefficient (Wildman–Crippen LogP) is 2.22. The van der Waals surface area contributed by atoms with E-state index in [-0.39, 0.29) is 17.5 Å².